The molecule has 0 bridgehead atoms. The number of carbonyl (C=O) groups is 2. The topological polar surface area (TPSA) is 72.8 Å². The highest BCUT2D eigenvalue weighted by molar-refractivity contribution is 5.90. The van der Waals surface area contributed by atoms with E-state index in [1.54, 1.807) is 12.1 Å². The Kier molecular flexibility index (Phi) is 6.82. The van der Waals surface area contributed by atoms with Gasteiger partial charge in [-0.1, -0.05) is 80.3 Å². The van der Waals surface area contributed by atoms with Crippen LogP contribution in [0.4, 0.5) is 0 Å². The first kappa shape index (κ1) is 22.9. The minimum absolute atomic E-state index is 0.0133. The number of esters is 2. The van der Waals surface area contributed by atoms with Crippen molar-refractivity contribution in [2.75, 3.05) is 0 Å². The SMILES string of the molecule is O=C1C[C@@H]2[C@@H](C=CC(O)CC3CCCC3)[C@H](OC(=O)c3ccc(-c4ccccc4)cc3)C[C@@H]2O1. The maximum atomic E-state index is 12.9. The third-order valence-corrected chi connectivity index (χ3v) is 7.64. The summed E-state index contributed by atoms with van der Waals surface area (Å²) in [4.78, 5) is 24.8. The molecule has 5 rings (SSSR count). The van der Waals surface area contributed by atoms with Crippen LogP contribution in [0, 0.1) is 17.8 Å². The summed E-state index contributed by atoms with van der Waals surface area (Å²) < 4.78 is 11.4. The molecule has 1 aliphatic heterocycles. The third kappa shape index (κ3) is 5.10. The van der Waals surface area contributed by atoms with Crippen molar-refractivity contribution < 1.29 is 24.2 Å². The second-order valence-electron chi connectivity index (χ2n) is 9.93. The highest BCUT2D eigenvalue weighted by atomic mass is 16.6. The number of aliphatic hydroxyl groups excluding tert-OH is 1. The summed E-state index contributed by atoms with van der Waals surface area (Å²) in [7, 11) is 0. The molecule has 0 radical (unpaired) electrons. The summed E-state index contributed by atoms with van der Waals surface area (Å²) >= 11 is 0. The van der Waals surface area contributed by atoms with Gasteiger partial charge in [0.15, 0.2) is 0 Å². The fourth-order valence-electron chi connectivity index (χ4n) is 5.85. The van der Waals surface area contributed by atoms with Gasteiger partial charge in [-0.25, -0.2) is 4.79 Å². The van der Waals surface area contributed by atoms with Crippen LogP contribution in [0.2, 0.25) is 0 Å². The van der Waals surface area contributed by atoms with Crippen LogP contribution in [0.25, 0.3) is 11.1 Å². The molecule has 1 saturated heterocycles. The van der Waals surface area contributed by atoms with Gasteiger partial charge in [0, 0.05) is 18.3 Å². The zero-order valence-electron chi connectivity index (χ0n) is 19.3. The first-order chi connectivity index (χ1) is 16.6. The molecule has 2 aromatic carbocycles. The lowest BCUT2D eigenvalue weighted by Gasteiger charge is -2.21. The lowest BCUT2D eigenvalue weighted by Crippen LogP contribution is -2.25. The van der Waals surface area contributed by atoms with Crippen molar-refractivity contribution in [3.63, 3.8) is 0 Å². The summed E-state index contributed by atoms with van der Waals surface area (Å²) in [6.07, 6.45) is 9.14. The molecule has 1 unspecified atom stereocenters. The highest BCUT2D eigenvalue weighted by Gasteiger charge is 2.50. The van der Waals surface area contributed by atoms with Crippen molar-refractivity contribution in [2.24, 2.45) is 17.8 Å². The van der Waals surface area contributed by atoms with Crippen LogP contribution < -0.4 is 0 Å². The van der Waals surface area contributed by atoms with Crippen molar-refractivity contribution in [3.8, 4) is 11.1 Å². The standard InChI is InChI=1S/C29H32O5/c30-23(16-19-6-4-5-7-19)14-15-24-25-17-28(31)33-27(25)18-26(24)34-29(32)22-12-10-21(11-13-22)20-8-2-1-3-9-20/h1-3,8-15,19,23-27,30H,4-7,16-18H2/t23?,24-,25-,26-,27+/m1/s1. The van der Waals surface area contributed by atoms with E-state index in [-0.39, 0.29) is 36.0 Å². The monoisotopic (exact) mass is 460 g/mol. The lowest BCUT2D eigenvalue weighted by molar-refractivity contribution is -0.141. The molecule has 0 spiro atoms. The fraction of sp³-hybridized carbons (Fsp3) is 0.448. The first-order valence-electron chi connectivity index (χ1n) is 12.5. The molecule has 5 atom stereocenters. The molecule has 2 saturated carbocycles. The minimum atomic E-state index is -0.512. The van der Waals surface area contributed by atoms with Crippen LogP contribution in [0.5, 0.6) is 0 Å². The number of aliphatic hydroxyl groups is 1. The van der Waals surface area contributed by atoms with E-state index in [1.807, 2.05) is 54.6 Å². The van der Waals surface area contributed by atoms with Gasteiger partial charge >= 0.3 is 11.9 Å². The number of benzene rings is 2. The molecule has 0 amide bonds. The molecule has 3 aliphatic rings. The molecule has 5 heteroatoms. The van der Waals surface area contributed by atoms with E-state index in [0.717, 1.165) is 17.5 Å². The van der Waals surface area contributed by atoms with Crippen molar-refractivity contribution in [2.45, 2.75) is 63.3 Å². The number of ether oxygens (including phenoxy) is 2. The molecule has 3 fully saturated rings. The largest absolute Gasteiger partial charge is 0.462 e. The van der Waals surface area contributed by atoms with Gasteiger partial charge in [-0.15, -0.1) is 0 Å². The minimum Gasteiger partial charge on any atom is -0.462 e. The molecular weight excluding hydrogens is 428 g/mol. The second kappa shape index (κ2) is 10.1. The Labute approximate surface area is 200 Å². The number of hydrogen-bond acceptors (Lipinski definition) is 5. The molecule has 0 aromatic heterocycles. The quantitative estimate of drug-likeness (QED) is 0.447. The van der Waals surface area contributed by atoms with Gasteiger partial charge in [0.25, 0.3) is 0 Å². The van der Waals surface area contributed by atoms with Crippen LogP contribution >= 0.6 is 0 Å². The number of hydrogen-bond donors (Lipinski definition) is 1. The fourth-order valence-corrected chi connectivity index (χ4v) is 5.85. The van der Waals surface area contributed by atoms with E-state index in [9.17, 15) is 14.7 Å². The summed E-state index contributed by atoms with van der Waals surface area (Å²) in [6, 6.07) is 17.4. The molecule has 1 N–H and O–H groups in total. The number of carbonyl (C=O) groups excluding carboxylic acids is 2. The Bertz CT molecular complexity index is 1020. The van der Waals surface area contributed by atoms with Gasteiger partial charge in [-0.3, -0.25) is 4.79 Å². The van der Waals surface area contributed by atoms with Gasteiger partial charge in [0.05, 0.1) is 18.1 Å². The van der Waals surface area contributed by atoms with E-state index in [2.05, 4.69) is 0 Å². The summed E-state index contributed by atoms with van der Waals surface area (Å²) in [5.41, 5.74) is 2.63. The first-order valence-corrected chi connectivity index (χ1v) is 12.5. The normalized spacial score (nSPS) is 27.6. The van der Waals surface area contributed by atoms with Crippen LogP contribution in [0.3, 0.4) is 0 Å². The molecule has 2 aromatic rings. The third-order valence-electron chi connectivity index (χ3n) is 7.64. The van der Waals surface area contributed by atoms with E-state index < -0.39 is 6.10 Å². The highest BCUT2D eigenvalue weighted by Crippen LogP contribution is 2.44. The Balaban J connectivity index is 1.26. The van der Waals surface area contributed by atoms with Crippen molar-refractivity contribution in [1.29, 1.82) is 0 Å². The molecule has 5 nitrogen and oxygen atoms in total. The predicted octanol–water partition coefficient (Wildman–Crippen LogP) is 5.33. The molecular formula is C29H32O5. The van der Waals surface area contributed by atoms with Gasteiger partial charge in [0.2, 0.25) is 0 Å². The van der Waals surface area contributed by atoms with Crippen molar-refractivity contribution in [1.82, 2.24) is 0 Å². The summed E-state index contributed by atoms with van der Waals surface area (Å²) in [5.74, 6) is -0.134. The maximum absolute atomic E-state index is 12.9. The number of rotatable bonds is 7. The Hall–Kier alpha value is -2.92. The lowest BCUT2D eigenvalue weighted by atomic mass is 9.90. The zero-order valence-corrected chi connectivity index (χ0v) is 19.3. The number of fused-ring (bicyclic) bond motifs is 1. The zero-order chi connectivity index (χ0) is 23.5. The van der Waals surface area contributed by atoms with E-state index >= 15 is 0 Å². The Morgan fingerprint density at radius 2 is 1.76 bits per heavy atom. The molecule has 178 valence electrons. The summed E-state index contributed by atoms with van der Waals surface area (Å²) in [5, 5.41) is 10.5. The second-order valence-corrected chi connectivity index (χ2v) is 9.93. The Morgan fingerprint density at radius 3 is 2.50 bits per heavy atom. The van der Waals surface area contributed by atoms with Crippen LogP contribution in [0.1, 0.15) is 55.3 Å². The van der Waals surface area contributed by atoms with Gasteiger partial charge in [0.1, 0.15) is 12.2 Å². The Morgan fingerprint density at radius 1 is 1.06 bits per heavy atom. The van der Waals surface area contributed by atoms with E-state index in [0.29, 0.717) is 24.3 Å². The van der Waals surface area contributed by atoms with Crippen LogP contribution in [-0.4, -0.2) is 35.4 Å². The average molecular weight is 461 g/mol. The van der Waals surface area contributed by atoms with E-state index in [4.69, 9.17) is 9.47 Å². The predicted molar refractivity (Wildman–Crippen MR) is 129 cm³/mol. The van der Waals surface area contributed by atoms with Gasteiger partial charge < -0.3 is 14.6 Å². The molecule has 2 aliphatic carbocycles. The summed E-state index contributed by atoms with van der Waals surface area (Å²) in [6.45, 7) is 0. The average Bonchev–Trinajstić information content (AvgIpc) is 3.55. The van der Waals surface area contributed by atoms with Gasteiger partial charge in [-0.2, -0.15) is 0 Å². The van der Waals surface area contributed by atoms with Crippen molar-refractivity contribution in [3.05, 3.63) is 72.3 Å². The van der Waals surface area contributed by atoms with Crippen molar-refractivity contribution >= 4 is 11.9 Å². The molecule has 1 heterocycles. The van der Waals surface area contributed by atoms with E-state index in [1.165, 1.54) is 25.7 Å². The molecule has 34 heavy (non-hydrogen) atoms. The van der Waals surface area contributed by atoms with Crippen LogP contribution in [0.15, 0.2) is 66.7 Å². The van der Waals surface area contributed by atoms with Gasteiger partial charge in [-0.05, 0) is 35.6 Å². The maximum Gasteiger partial charge on any atom is 0.338 e. The smallest absolute Gasteiger partial charge is 0.338 e. The van der Waals surface area contributed by atoms with Crippen LogP contribution in [-0.2, 0) is 14.3 Å².